The first-order chi connectivity index (χ1) is 16.4. The molecule has 0 aliphatic carbocycles. The molecule has 0 fully saturated rings. The molecule has 6 nitrogen and oxygen atoms in total. The molecule has 0 radical (unpaired) electrons. The zero-order chi connectivity index (χ0) is 23.8. The number of aryl methyl sites for hydroxylation is 4. The van der Waals surface area contributed by atoms with Gasteiger partial charge in [-0.05, 0) is 85.8 Å². The standard InChI is InChI=1S/C28H27N3O3/c1-17-5-6-19(3)24(11-17)31-25(14-23(30-31)22-9-7-18(2)20(4)12-22)28(32)29-15-21-8-10-26-27(13-21)34-16-33-26/h5-14H,15-16H2,1-4H3,(H,29,32). The molecule has 34 heavy (non-hydrogen) atoms. The Hall–Kier alpha value is -4.06. The van der Waals surface area contributed by atoms with Crippen molar-refractivity contribution >= 4 is 5.91 Å². The van der Waals surface area contributed by atoms with Crippen LogP contribution in [0.1, 0.15) is 38.3 Å². The van der Waals surface area contributed by atoms with Gasteiger partial charge in [-0.15, -0.1) is 0 Å². The predicted octanol–water partition coefficient (Wildman–Crippen LogP) is 5.43. The van der Waals surface area contributed by atoms with E-state index >= 15 is 0 Å². The van der Waals surface area contributed by atoms with Crippen LogP contribution in [0.3, 0.4) is 0 Å². The highest BCUT2D eigenvalue weighted by Crippen LogP contribution is 2.32. The van der Waals surface area contributed by atoms with Crippen molar-refractivity contribution in [1.29, 1.82) is 0 Å². The van der Waals surface area contributed by atoms with Crippen LogP contribution in [0.5, 0.6) is 11.5 Å². The van der Waals surface area contributed by atoms with Crippen LogP contribution < -0.4 is 14.8 Å². The molecule has 0 unspecified atom stereocenters. The highest BCUT2D eigenvalue weighted by atomic mass is 16.7. The molecule has 2 heterocycles. The van der Waals surface area contributed by atoms with Gasteiger partial charge in [-0.2, -0.15) is 5.10 Å². The summed E-state index contributed by atoms with van der Waals surface area (Å²) in [4.78, 5) is 13.4. The molecule has 5 rings (SSSR count). The molecular formula is C28H27N3O3. The summed E-state index contributed by atoms with van der Waals surface area (Å²) in [5, 5.41) is 7.91. The van der Waals surface area contributed by atoms with E-state index in [0.717, 1.165) is 39.4 Å². The van der Waals surface area contributed by atoms with Crippen molar-refractivity contribution in [3.63, 3.8) is 0 Å². The Morgan fingerprint density at radius 3 is 2.50 bits per heavy atom. The number of nitrogens with zero attached hydrogens (tertiary/aromatic N) is 2. The second-order valence-corrected chi connectivity index (χ2v) is 8.79. The van der Waals surface area contributed by atoms with Gasteiger partial charge in [-0.25, -0.2) is 4.68 Å². The second kappa shape index (κ2) is 8.71. The van der Waals surface area contributed by atoms with Crippen LogP contribution >= 0.6 is 0 Å². The first-order valence-corrected chi connectivity index (χ1v) is 11.3. The van der Waals surface area contributed by atoms with Gasteiger partial charge in [-0.3, -0.25) is 4.79 Å². The molecule has 6 heteroatoms. The van der Waals surface area contributed by atoms with E-state index < -0.39 is 0 Å². The number of ether oxygens (including phenoxy) is 2. The molecular weight excluding hydrogens is 426 g/mol. The van der Waals surface area contributed by atoms with Gasteiger partial charge in [0.05, 0.1) is 11.4 Å². The number of hydrogen-bond acceptors (Lipinski definition) is 4. The molecule has 1 aromatic heterocycles. The maximum Gasteiger partial charge on any atom is 0.270 e. The highest BCUT2D eigenvalue weighted by molar-refractivity contribution is 5.94. The zero-order valence-electron chi connectivity index (χ0n) is 19.8. The lowest BCUT2D eigenvalue weighted by Gasteiger charge is -2.12. The van der Waals surface area contributed by atoms with Crippen LogP contribution in [0.25, 0.3) is 16.9 Å². The van der Waals surface area contributed by atoms with Gasteiger partial charge in [0.15, 0.2) is 11.5 Å². The van der Waals surface area contributed by atoms with Crippen LogP contribution in [-0.4, -0.2) is 22.5 Å². The molecule has 4 aromatic rings. The molecule has 0 saturated carbocycles. The molecule has 1 N–H and O–H groups in total. The summed E-state index contributed by atoms with van der Waals surface area (Å²) >= 11 is 0. The molecule has 0 spiro atoms. The summed E-state index contributed by atoms with van der Waals surface area (Å²) < 4.78 is 12.6. The fourth-order valence-corrected chi connectivity index (χ4v) is 4.04. The van der Waals surface area contributed by atoms with Crippen molar-refractivity contribution in [2.24, 2.45) is 0 Å². The lowest BCUT2D eigenvalue weighted by atomic mass is 10.0. The molecule has 1 aliphatic rings. The molecule has 3 aromatic carbocycles. The van der Waals surface area contributed by atoms with Crippen LogP contribution in [0, 0.1) is 27.7 Å². The minimum absolute atomic E-state index is 0.193. The van der Waals surface area contributed by atoms with E-state index in [9.17, 15) is 4.79 Å². The average molecular weight is 454 g/mol. The molecule has 1 aliphatic heterocycles. The third-order valence-electron chi connectivity index (χ3n) is 6.23. The number of fused-ring (bicyclic) bond motifs is 1. The van der Waals surface area contributed by atoms with E-state index in [4.69, 9.17) is 14.6 Å². The monoisotopic (exact) mass is 453 g/mol. The number of carbonyl (C=O) groups is 1. The Balaban J connectivity index is 1.50. The van der Waals surface area contributed by atoms with Crippen LogP contribution in [0.4, 0.5) is 0 Å². The molecule has 1 amide bonds. The molecule has 0 bridgehead atoms. The number of benzene rings is 3. The summed E-state index contributed by atoms with van der Waals surface area (Å²) in [6.45, 7) is 8.83. The van der Waals surface area contributed by atoms with Crippen LogP contribution in [-0.2, 0) is 6.54 Å². The van der Waals surface area contributed by atoms with E-state index in [1.807, 2.05) is 44.2 Å². The number of nitrogens with one attached hydrogen (secondary N) is 1. The summed E-state index contributed by atoms with van der Waals surface area (Å²) in [7, 11) is 0. The van der Waals surface area contributed by atoms with Crippen molar-refractivity contribution in [3.8, 4) is 28.4 Å². The normalized spacial score (nSPS) is 12.1. The maximum atomic E-state index is 13.4. The Morgan fingerprint density at radius 2 is 1.68 bits per heavy atom. The van der Waals surface area contributed by atoms with Gasteiger partial charge >= 0.3 is 0 Å². The van der Waals surface area contributed by atoms with Crippen LogP contribution in [0.2, 0.25) is 0 Å². The van der Waals surface area contributed by atoms with E-state index in [0.29, 0.717) is 18.0 Å². The summed E-state index contributed by atoms with van der Waals surface area (Å²) in [5.41, 5.74) is 8.62. The van der Waals surface area contributed by atoms with Gasteiger partial charge in [0.2, 0.25) is 6.79 Å². The number of carbonyl (C=O) groups excluding carboxylic acids is 1. The predicted molar refractivity (Wildman–Crippen MR) is 132 cm³/mol. The number of amides is 1. The number of rotatable bonds is 5. The van der Waals surface area contributed by atoms with E-state index in [1.165, 1.54) is 11.1 Å². The smallest absolute Gasteiger partial charge is 0.270 e. The fourth-order valence-electron chi connectivity index (χ4n) is 4.04. The average Bonchev–Trinajstić information content (AvgIpc) is 3.48. The van der Waals surface area contributed by atoms with Gasteiger partial charge in [0.1, 0.15) is 5.69 Å². The topological polar surface area (TPSA) is 65.4 Å². The van der Waals surface area contributed by atoms with E-state index in [1.54, 1.807) is 4.68 Å². The minimum Gasteiger partial charge on any atom is -0.454 e. The highest BCUT2D eigenvalue weighted by Gasteiger charge is 2.20. The molecule has 172 valence electrons. The Kier molecular flexibility index (Phi) is 5.57. The van der Waals surface area contributed by atoms with Crippen molar-refractivity contribution in [2.45, 2.75) is 34.2 Å². The van der Waals surface area contributed by atoms with Gasteiger partial charge < -0.3 is 14.8 Å². The summed E-state index contributed by atoms with van der Waals surface area (Å²) in [6.07, 6.45) is 0. The third kappa shape index (κ3) is 4.15. The Morgan fingerprint density at radius 1 is 0.882 bits per heavy atom. The first-order valence-electron chi connectivity index (χ1n) is 11.3. The lowest BCUT2D eigenvalue weighted by molar-refractivity contribution is 0.0943. The minimum atomic E-state index is -0.193. The molecule has 0 atom stereocenters. The number of aromatic nitrogens is 2. The quantitative estimate of drug-likeness (QED) is 0.438. The van der Waals surface area contributed by atoms with E-state index in [-0.39, 0.29) is 12.7 Å². The second-order valence-electron chi connectivity index (χ2n) is 8.79. The van der Waals surface area contributed by atoms with Crippen molar-refractivity contribution < 1.29 is 14.3 Å². The first kappa shape index (κ1) is 21.8. The summed E-state index contributed by atoms with van der Waals surface area (Å²) in [6, 6.07) is 20.0. The summed E-state index contributed by atoms with van der Waals surface area (Å²) in [5.74, 6) is 1.23. The van der Waals surface area contributed by atoms with Crippen molar-refractivity contribution in [2.75, 3.05) is 6.79 Å². The maximum absolute atomic E-state index is 13.4. The van der Waals surface area contributed by atoms with Gasteiger partial charge in [0, 0.05) is 12.1 Å². The lowest BCUT2D eigenvalue weighted by Crippen LogP contribution is -2.25. The Labute approximate surface area is 199 Å². The fraction of sp³-hybridized carbons (Fsp3) is 0.214. The largest absolute Gasteiger partial charge is 0.454 e. The van der Waals surface area contributed by atoms with Crippen molar-refractivity contribution in [3.05, 3.63) is 94.2 Å². The van der Waals surface area contributed by atoms with E-state index in [2.05, 4.69) is 49.5 Å². The number of hydrogen-bond donors (Lipinski definition) is 1. The Bertz CT molecular complexity index is 1400. The SMILES string of the molecule is Cc1ccc(C)c(-n2nc(-c3ccc(C)c(C)c3)cc2C(=O)NCc2ccc3c(c2)OCO3)c1. The van der Waals surface area contributed by atoms with Crippen LogP contribution in [0.15, 0.2) is 60.7 Å². The van der Waals surface area contributed by atoms with Gasteiger partial charge in [-0.1, -0.05) is 30.3 Å². The zero-order valence-corrected chi connectivity index (χ0v) is 19.8. The molecule has 0 saturated heterocycles. The third-order valence-corrected chi connectivity index (χ3v) is 6.23. The van der Waals surface area contributed by atoms with Crippen molar-refractivity contribution in [1.82, 2.24) is 15.1 Å². The van der Waals surface area contributed by atoms with Gasteiger partial charge in [0.25, 0.3) is 5.91 Å².